The van der Waals surface area contributed by atoms with Crippen molar-refractivity contribution in [2.24, 2.45) is 5.73 Å². The molecule has 108 valence electrons. The van der Waals surface area contributed by atoms with Gasteiger partial charge in [0.1, 0.15) is 6.10 Å². The number of aliphatic hydroxyl groups excluding tert-OH is 1. The molecule has 3 N–H and O–H groups in total. The summed E-state index contributed by atoms with van der Waals surface area (Å²) in [4.78, 5) is 0. The summed E-state index contributed by atoms with van der Waals surface area (Å²) in [6.45, 7) is 10.4. The molecule has 1 aliphatic heterocycles. The number of hydrogen-bond acceptors (Lipinski definition) is 5. The van der Waals surface area contributed by atoms with Gasteiger partial charge in [0, 0.05) is 6.04 Å². The van der Waals surface area contributed by atoms with Crippen molar-refractivity contribution in [1.82, 2.24) is 0 Å². The van der Waals surface area contributed by atoms with E-state index in [4.69, 9.17) is 19.9 Å². The van der Waals surface area contributed by atoms with Gasteiger partial charge in [0.05, 0.1) is 24.9 Å². The van der Waals surface area contributed by atoms with E-state index in [0.717, 1.165) is 0 Å². The van der Waals surface area contributed by atoms with E-state index in [0.29, 0.717) is 19.6 Å². The second-order valence-corrected chi connectivity index (χ2v) is 6.35. The highest BCUT2D eigenvalue weighted by molar-refractivity contribution is 4.80. The standard InChI is InChI=1S/C13H27NO4/c1-12(2,3)16-7-9(14)6-10(15)11-8-17-13(4,5)18-11/h9-11,15H,6-8,14H2,1-5H3/t9-,10-,11+/m0/s1. The fourth-order valence-corrected chi connectivity index (χ4v) is 1.79. The van der Waals surface area contributed by atoms with Gasteiger partial charge in [-0.05, 0) is 41.0 Å². The molecule has 5 nitrogen and oxygen atoms in total. The van der Waals surface area contributed by atoms with Crippen LogP contribution in [0.3, 0.4) is 0 Å². The van der Waals surface area contributed by atoms with E-state index in [1.54, 1.807) is 0 Å². The van der Waals surface area contributed by atoms with E-state index >= 15 is 0 Å². The normalized spacial score (nSPS) is 27.2. The Morgan fingerprint density at radius 1 is 1.44 bits per heavy atom. The quantitative estimate of drug-likeness (QED) is 0.773. The Morgan fingerprint density at radius 3 is 2.50 bits per heavy atom. The highest BCUT2D eigenvalue weighted by Crippen LogP contribution is 2.25. The molecular formula is C13H27NO4. The van der Waals surface area contributed by atoms with E-state index in [9.17, 15) is 5.11 Å². The Balaban J connectivity index is 2.30. The Bertz CT molecular complexity index is 262. The fraction of sp³-hybridized carbons (Fsp3) is 1.00. The van der Waals surface area contributed by atoms with E-state index in [1.165, 1.54) is 0 Å². The third-order valence-corrected chi connectivity index (χ3v) is 2.73. The minimum Gasteiger partial charge on any atom is -0.390 e. The maximum absolute atomic E-state index is 10.0. The average Bonchev–Trinajstić information content (AvgIpc) is 2.55. The molecule has 1 aliphatic rings. The van der Waals surface area contributed by atoms with Crippen molar-refractivity contribution < 1.29 is 19.3 Å². The summed E-state index contributed by atoms with van der Waals surface area (Å²) < 4.78 is 16.6. The molecule has 0 aromatic rings. The van der Waals surface area contributed by atoms with Gasteiger partial charge in [-0.1, -0.05) is 0 Å². The van der Waals surface area contributed by atoms with Crippen LogP contribution >= 0.6 is 0 Å². The molecule has 0 bridgehead atoms. The smallest absolute Gasteiger partial charge is 0.163 e. The molecule has 5 heteroatoms. The van der Waals surface area contributed by atoms with Crippen molar-refractivity contribution in [1.29, 1.82) is 0 Å². The molecule has 0 saturated carbocycles. The predicted octanol–water partition coefficient (Wildman–Crippen LogP) is 1.03. The van der Waals surface area contributed by atoms with Crippen molar-refractivity contribution in [2.75, 3.05) is 13.2 Å². The number of nitrogens with two attached hydrogens (primary N) is 1. The zero-order chi connectivity index (χ0) is 14.0. The van der Waals surface area contributed by atoms with Crippen molar-refractivity contribution in [3.63, 3.8) is 0 Å². The molecule has 0 radical (unpaired) electrons. The monoisotopic (exact) mass is 261 g/mol. The van der Waals surface area contributed by atoms with Gasteiger partial charge in [0.25, 0.3) is 0 Å². The predicted molar refractivity (Wildman–Crippen MR) is 69.2 cm³/mol. The van der Waals surface area contributed by atoms with Crippen molar-refractivity contribution in [3.8, 4) is 0 Å². The zero-order valence-corrected chi connectivity index (χ0v) is 12.1. The SMILES string of the molecule is CC(C)(C)OC[C@@H](N)C[C@H](O)[C@H]1COC(C)(C)O1. The van der Waals surface area contributed by atoms with E-state index in [-0.39, 0.29) is 17.7 Å². The van der Waals surface area contributed by atoms with Crippen molar-refractivity contribution in [2.45, 2.75) is 70.7 Å². The molecule has 0 aromatic heterocycles. The second-order valence-electron chi connectivity index (χ2n) is 6.35. The summed E-state index contributed by atoms with van der Waals surface area (Å²) in [6.07, 6.45) is -0.480. The van der Waals surface area contributed by atoms with Gasteiger partial charge >= 0.3 is 0 Å². The number of hydrogen-bond donors (Lipinski definition) is 2. The van der Waals surface area contributed by atoms with Gasteiger partial charge in [-0.3, -0.25) is 0 Å². The molecule has 1 fully saturated rings. The van der Waals surface area contributed by atoms with Gasteiger partial charge in [-0.15, -0.1) is 0 Å². The van der Waals surface area contributed by atoms with Crippen molar-refractivity contribution >= 4 is 0 Å². The lowest BCUT2D eigenvalue weighted by atomic mass is 10.1. The molecule has 0 unspecified atom stereocenters. The third-order valence-electron chi connectivity index (χ3n) is 2.73. The third kappa shape index (κ3) is 5.63. The first kappa shape index (κ1) is 15.9. The fourth-order valence-electron chi connectivity index (χ4n) is 1.79. The van der Waals surface area contributed by atoms with Gasteiger partial charge in [0.2, 0.25) is 0 Å². The van der Waals surface area contributed by atoms with Crippen LogP contribution in [0.1, 0.15) is 41.0 Å². The molecule has 1 saturated heterocycles. The van der Waals surface area contributed by atoms with Crippen LogP contribution in [0.25, 0.3) is 0 Å². The zero-order valence-electron chi connectivity index (χ0n) is 12.1. The summed E-state index contributed by atoms with van der Waals surface area (Å²) >= 11 is 0. The van der Waals surface area contributed by atoms with Crippen LogP contribution in [-0.4, -0.2) is 48.0 Å². The Kier molecular flexibility index (Phi) is 5.14. The minimum atomic E-state index is -0.620. The number of ether oxygens (including phenoxy) is 3. The lowest BCUT2D eigenvalue weighted by molar-refractivity contribution is -0.152. The van der Waals surface area contributed by atoms with Crippen LogP contribution < -0.4 is 5.73 Å². The molecule has 0 aliphatic carbocycles. The van der Waals surface area contributed by atoms with Crippen LogP contribution in [0.4, 0.5) is 0 Å². The first-order chi connectivity index (χ1) is 8.09. The maximum Gasteiger partial charge on any atom is 0.163 e. The van der Waals surface area contributed by atoms with Gasteiger partial charge in [-0.25, -0.2) is 0 Å². The lowest BCUT2D eigenvalue weighted by Gasteiger charge is -2.25. The average molecular weight is 261 g/mol. The molecule has 0 amide bonds. The molecule has 0 spiro atoms. The van der Waals surface area contributed by atoms with Crippen molar-refractivity contribution in [3.05, 3.63) is 0 Å². The molecule has 1 heterocycles. The summed E-state index contributed by atoms with van der Waals surface area (Å²) in [5.74, 6) is -0.613. The van der Waals surface area contributed by atoms with E-state index in [1.807, 2.05) is 34.6 Å². The first-order valence-electron chi connectivity index (χ1n) is 6.48. The Labute approximate surface area is 110 Å². The molecule has 18 heavy (non-hydrogen) atoms. The number of aliphatic hydroxyl groups is 1. The maximum atomic E-state index is 10.0. The number of rotatable bonds is 5. The summed E-state index contributed by atoms with van der Waals surface area (Å²) in [5, 5.41) is 10.0. The molecule has 1 rings (SSSR count). The van der Waals surface area contributed by atoms with Crippen LogP contribution in [-0.2, 0) is 14.2 Å². The summed E-state index contributed by atoms with van der Waals surface area (Å²) in [5.41, 5.74) is 5.72. The van der Waals surface area contributed by atoms with Crippen LogP contribution in [0.5, 0.6) is 0 Å². The van der Waals surface area contributed by atoms with Crippen LogP contribution in [0, 0.1) is 0 Å². The van der Waals surface area contributed by atoms with Gasteiger partial charge in [-0.2, -0.15) is 0 Å². The summed E-state index contributed by atoms with van der Waals surface area (Å²) in [6, 6.07) is -0.202. The van der Waals surface area contributed by atoms with Crippen LogP contribution in [0.15, 0.2) is 0 Å². The lowest BCUT2D eigenvalue weighted by Crippen LogP contribution is -2.39. The first-order valence-corrected chi connectivity index (χ1v) is 6.48. The van der Waals surface area contributed by atoms with E-state index < -0.39 is 11.9 Å². The van der Waals surface area contributed by atoms with Gasteiger partial charge < -0.3 is 25.1 Å². The minimum absolute atomic E-state index is 0.202. The Morgan fingerprint density at radius 2 is 2.06 bits per heavy atom. The second kappa shape index (κ2) is 5.84. The van der Waals surface area contributed by atoms with Gasteiger partial charge in [0.15, 0.2) is 5.79 Å². The highest BCUT2D eigenvalue weighted by atomic mass is 16.7. The largest absolute Gasteiger partial charge is 0.390 e. The Hall–Kier alpha value is -0.200. The van der Waals surface area contributed by atoms with Crippen LogP contribution in [0.2, 0.25) is 0 Å². The molecular weight excluding hydrogens is 234 g/mol. The topological polar surface area (TPSA) is 73.9 Å². The molecule has 0 aromatic carbocycles. The van der Waals surface area contributed by atoms with E-state index in [2.05, 4.69) is 0 Å². The molecule has 3 atom stereocenters. The summed E-state index contributed by atoms with van der Waals surface area (Å²) in [7, 11) is 0. The highest BCUT2D eigenvalue weighted by Gasteiger charge is 2.37.